The number of hydrogen-bond donors (Lipinski definition) is 1. The molecule has 2 N–H and O–H groups in total. The standard InChI is InChI=1S/C13H17F3N2O2/c1-2-10(12(17)20)18-8-6-9(3-4-11(18)19)5-7-13(14,15)16/h9-10H,2-4,6,8H2,1H3,(H2,17,20). The molecule has 0 aromatic rings. The molecule has 0 aromatic carbocycles. The molecular weight excluding hydrogens is 273 g/mol. The van der Waals surface area contributed by atoms with E-state index in [0.29, 0.717) is 12.8 Å². The zero-order valence-corrected chi connectivity index (χ0v) is 11.2. The molecule has 2 atom stereocenters. The number of hydrogen-bond acceptors (Lipinski definition) is 2. The minimum Gasteiger partial charge on any atom is -0.368 e. The highest BCUT2D eigenvalue weighted by Gasteiger charge is 2.30. The minimum atomic E-state index is -4.52. The van der Waals surface area contributed by atoms with Crippen LogP contribution in [0.4, 0.5) is 13.2 Å². The molecule has 1 aliphatic rings. The number of rotatable bonds is 3. The molecule has 2 amide bonds. The third-order valence-corrected chi connectivity index (χ3v) is 3.25. The largest absolute Gasteiger partial charge is 0.457 e. The van der Waals surface area contributed by atoms with E-state index in [1.54, 1.807) is 6.92 Å². The zero-order chi connectivity index (χ0) is 15.3. The van der Waals surface area contributed by atoms with Crippen molar-refractivity contribution in [3.05, 3.63) is 0 Å². The van der Waals surface area contributed by atoms with Gasteiger partial charge in [0.15, 0.2) is 0 Å². The first kappa shape index (κ1) is 16.3. The molecule has 0 bridgehead atoms. The summed E-state index contributed by atoms with van der Waals surface area (Å²) >= 11 is 0. The number of carbonyl (C=O) groups excluding carboxylic acids is 2. The molecule has 0 saturated carbocycles. The SMILES string of the molecule is CCC(C(N)=O)N1CCC(C#CC(F)(F)F)CCC1=O. The average Bonchev–Trinajstić information content (AvgIpc) is 2.50. The molecule has 7 heteroatoms. The molecule has 1 aliphatic heterocycles. The van der Waals surface area contributed by atoms with E-state index in [1.807, 2.05) is 0 Å². The smallest absolute Gasteiger partial charge is 0.368 e. The number of primary amides is 1. The summed E-state index contributed by atoms with van der Waals surface area (Å²) in [6.07, 6.45) is -3.46. The Bertz CT molecular complexity index is 437. The molecule has 4 nitrogen and oxygen atoms in total. The summed E-state index contributed by atoms with van der Waals surface area (Å²) < 4.78 is 36.1. The highest BCUT2D eigenvalue weighted by Crippen LogP contribution is 2.21. The zero-order valence-electron chi connectivity index (χ0n) is 11.2. The summed E-state index contributed by atoms with van der Waals surface area (Å²) in [6, 6.07) is -0.697. The average molecular weight is 290 g/mol. The Kier molecular flexibility index (Phi) is 5.43. The van der Waals surface area contributed by atoms with Crippen LogP contribution in [0.3, 0.4) is 0 Å². The van der Waals surface area contributed by atoms with Gasteiger partial charge in [-0.25, -0.2) is 0 Å². The topological polar surface area (TPSA) is 63.4 Å². The van der Waals surface area contributed by atoms with Gasteiger partial charge in [0, 0.05) is 24.8 Å². The van der Waals surface area contributed by atoms with E-state index in [4.69, 9.17) is 5.73 Å². The van der Waals surface area contributed by atoms with Crippen molar-refractivity contribution >= 4 is 11.8 Å². The summed E-state index contributed by atoms with van der Waals surface area (Å²) in [5.74, 6) is 2.06. The van der Waals surface area contributed by atoms with Gasteiger partial charge in [0.2, 0.25) is 11.8 Å². The van der Waals surface area contributed by atoms with Gasteiger partial charge >= 0.3 is 6.18 Å². The van der Waals surface area contributed by atoms with E-state index in [1.165, 1.54) is 10.8 Å². The van der Waals surface area contributed by atoms with Crippen molar-refractivity contribution in [2.45, 2.75) is 44.8 Å². The fourth-order valence-electron chi connectivity index (χ4n) is 2.24. The van der Waals surface area contributed by atoms with Crippen LogP contribution in [0.2, 0.25) is 0 Å². The van der Waals surface area contributed by atoms with E-state index >= 15 is 0 Å². The maximum absolute atomic E-state index is 12.0. The Morgan fingerprint density at radius 1 is 1.50 bits per heavy atom. The minimum absolute atomic E-state index is 0.0843. The van der Waals surface area contributed by atoms with Crippen LogP contribution in [0.25, 0.3) is 0 Å². The Labute approximate surface area is 115 Å². The molecule has 0 spiro atoms. The molecule has 1 rings (SSSR count). The molecule has 1 saturated heterocycles. The first-order valence-electron chi connectivity index (χ1n) is 6.42. The number of nitrogens with zero attached hydrogens (tertiary/aromatic N) is 1. The van der Waals surface area contributed by atoms with Crippen molar-refractivity contribution in [3.8, 4) is 11.8 Å². The van der Waals surface area contributed by atoms with Crippen molar-refractivity contribution in [1.29, 1.82) is 0 Å². The van der Waals surface area contributed by atoms with Gasteiger partial charge in [0.25, 0.3) is 0 Å². The van der Waals surface area contributed by atoms with Crippen molar-refractivity contribution in [1.82, 2.24) is 4.90 Å². The number of carbonyl (C=O) groups is 2. The van der Waals surface area contributed by atoms with Gasteiger partial charge in [-0.1, -0.05) is 12.8 Å². The van der Waals surface area contributed by atoms with Crippen molar-refractivity contribution < 1.29 is 22.8 Å². The van der Waals surface area contributed by atoms with Gasteiger partial charge in [0.1, 0.15) is 6.04 Å². The maximum Gasteiger partial charge on any atom is 0.457 e. The predicted molar refractivity (Wildman–Crippen MR) is 66.2 cm³/mol. The molecule has 0 aromatic heterocycles. The van der Waals surface area contributed by atoms with Crippen LogP contribution in [0.15, 0.2) is 0 Å². The lowest BCUT2D eigenvalue weighted by Crippen LogP contribution is -2.47. The second-order valence-electron chi connectivity index (χ2n) is 4.70. The normalized spacial score (nSPS) is 21.7. The molecule has 0 radical (unpaired) electrons. The monoisotopic (exact) mass is 290 g/mol. The van der Waals surface area contributed by atoms with Crippen LogP contribution in [0.5, 0.6) is 0 Å². The first-order chi connectivity index (χ1) is 9.24. The van der Waals surface area contributed by atoms with E-state index in [9.17, 15) is 22.8 Å². The molecule has 2 unspecified atom stereocenters. The molecule has 20 heavy (non-hydrogen) atoms. The van der Waals surface area contributed by atoms with Gasteiger partial charge in [0.05, 0.1) is 0 Å². The van der Waals surface area contributed by atoms with Gasteiger partial charge in [-0.15, -0.1) is 0 Å². The van der Waals surface area contributed by atoms with Crippen molar-refractivity contribution in [2.75, 3.05) is 6.54 Å². The number of nitrogens with two attached hydrogens (primary N) is 1. The summed E-state index contributed by atoms with van der Waals surface area (Å²) in [6.45, 7) is 1.94. The lowest BCUT2D eigenvalue weighted by atomic mass is 10.0. The highest BCUT2D eigenvalue weighted by atomic mass is 19.4. The summed E-state index contributed by atoms with van der Waals surface area (Å²) in [7, 11) is 0. The van der Waals surface area contributed by atoms with Crippen LogP contribution in [0, 0.1) is 17.8 Å². The number of likely N-dealkylation sites (tertiary alicyclic amines) is 1. The second-order valence-corrected chi connectivity index (χ2v) is 4.70. The van der Waals surface area contributed by atoms with Crippen LogP contribution >= 0.6 is 0 Å². The second kappa shape index (κ2) is 6.64. The Morgan fingerprint density at radius 2 is 2.15 bits per heavy atom. The van der Waals surface area contributed by atoms with Gasteiger partial charge in [-0.05, 0) is 19.3 Å². The maximum atomic E-state index is 12.0. The molecule has 1 fully saturated rings. The van der Waals surface area contributed by atoms with E-state index in [-0.39, 0.29) is 25.3 Å². The van der Waals surface area contributed by atoms with Crippen LogP contribution < -0.4 is 5.73 Å². The van der Waals surface area contributed by atoms with Gasteiger partial charge in [-0.2, -0.15) is 13.2 Å². The molecule has 1 heterocycles. The van der Waals surface area contributed by atoms with E-state index in [0.717, 1.165) is 0 Å². The van der Waals surface area contributed by atoms with Gasteiger partial charge in [-0.3, -0.25) is 9.59 Å². The highest BCUT2D eigenvalue weighted by molar-refractivity contribution is 5.86. The Morgan fingerprint density at radius 3 is 2.65 bits per heavy atom. The van der Waals surface area contributed by atoms with Crippen molar-refractivity contribution in [3.63, 3.8) is 0 Å². The third-order valence-electron chi connectivity index (χ3n) is 3.25. The Balaban J connectivity index is 2.76. The quantitative estimate of drug-likeness (QED) is 0.799. The number of alkyl halides is 3. The fourth-order valence-corrected chi connectivity index (χ4v) is 2.24. The first-order valence-corrected chi connectivity index (χ1v) is 6.42. The van der Waals surface area contributed by atoms with Crippen LogP contribution in [-0.2, 0) is 9.59 Å². The van der Waals surface area contributed by atoms with Crippen LogP contribution in [0.1, 0.15) is 32.6 Å². The number of amides is 2. The molecular formula is C13H17F3N2O2. The fraction of sp³-hybridized carbons (Fsp3) is 0.692. The molecule has 112 valence electrons. The third kappa shape index (κ3) is 4.76. The summed E-state index contributed by atoms with van der Waals surface area (Å²) in [5.41, 5.74) is 5.23. The number of halogens is 3. The van der Waals surface area contributed by atoms with E-state index in [2.05, 4.69) is 5.92 Å². The van der Waals surface area contributed by atoms with Crippen LogP contribution in [-0.4, -0.2) is 35.5 Å². The predicted octanol–water partition coefficient (Wildman–Crippen LogP) is 1.44. The summed E-state index contributed by atoms with van der Waals surface area (Å²) in [5, 5.41) is 0. The lowest BCUT2D eigenvalue weighted by Gasteiger charge is -2.27. The Hall–Kier alpha value is -1.71. The summed E-state index contributed by atoms with van der Waals surface area (Å²) in [4.78, 5) is 24.6. The van der Waals surface area contributed by atoms with Gasteiger partial charge < -0.3 is 10.6 Å². The lowest BCUT2D eigenvalue weighted by molar-refractivity contribution is -0.139. The van der Waals surface area contributed by atoms with E-state index < -0.39 is 24.0 Å². The van der Waals surface area contributed by atoms with Crippen molar-refractivity contribution in [2.24, 2.45) is 11.7 Å². The molecule has 0 aliphatic carbocycles.